The number of carbonyl (C=O) groups excluding carboxylic acids is 1. The fourth-order valence-corrected chi connectivity index (χ4v) is 4.08. The lowest BCUT2D eigenvalue weighted by Crippen LogP contribution is -2.44. The van der Waals surface area contributed by atoms with Gasteiger partial charge >= 0.3 is 0 Å². The number of rotatable bonds is 5. The number of likely N-dealkylation sites (N-methyl/N-ethyl adjacent to an activating group) is 1. The Kier molecular flexibility index (Phi) is 6.13. The van der Waals surface area contributed by atoms with Crippen LogP contribution >= 0.6 is 0 Å². The third kappa shape index (κ3) is 4.54. The van der Waals surface area contributed by atoms with Gasteiger partial charge in [0.2, 0.25) is 5.91 Å². The van der Waals surface area contributed by atoms with Crippen molar-refractivity contribution in [2.24, 2.45) is 5.92 Å². The third-order valence-corrected chi connectivity index (χ3v) is 5.96. The van der Waals surface area contributed by atoms with Crippen LogP contribution in [0.25, 0.3) is 0 Å². The lowest BCUT2D eigenvalue weighted by atomic mass is 9.95. The summed E-state index contributed by atoms with van der Waals surface area (Å²) in [4.78, 5) is 17.7. The van der Waals surface area contributed by atoms with Crippen molar-refractivity contribution in [1.82, 2.24) is 4.90 Å². The first-order valence-corrected chi connectivity index (χ1v) is 10.8. The Morgan fingerprint density at radius 1 is 1.17 bits per heavy atom. The topological polar surface area (TPSA) is 54.0 Å². The van der Waals surface area contributed by atoms with Crippen molar-refractivity contribution in [2.75, 3.05) is 56.7 Å². The predicted octanol–water partition coefficient (Wildman–Crippen LogP) is 3.34. The molecule has 0 radical (unpaired) electrons. The van der Waals surface area contributed by atoms with E-state index in [-0.39, 0.29) is 11.8 Å². The van der Waals surface area contributed by atoms with E-state index in [9.17, 15) is 4.79 Å². The fraction of sp³-hybridized carbons (Fsp3) is 0.458. The molecule has 160 valence electrons. The number of fused-ring (bicyclic) bond motifs is 1. The van der Waals surface area contributed by atoms with Crippen LogP contribution < -0.4 is 19.7 Å². The minimum Gasteiger partial charge on any atom is -0.494 e. The van der Waals surface area contributed by atoms with Crippen molar-refractivity contribution in [1.29, 1.82) is 0 Å². The first-order valence-electron chi connectivity index (χ1n) is 10.8. The SMILES string of the molecule is CCOc1ccc2c(c1)CC(C(=O)Nc1ccc(N3CCN(C)CC3)cc1C)CO2. The Labute approximate surface area is 178 Å². The van der Waals surface area contributed by atoms with E-state index in [1.165, 1.54) is 5.69 Å². The lowest BCUT2D eigenvalue weighted by molar-refractivity contribution is -0.121. The molecule has 6 heteroatoms. The highest BCUT2D eigenvalue weighted by Gasteiger charge is 2.27. The molecule has 0 bridgehead atoms. The molecule has 0 aromatic heterocycles. The van der Waals surface area contributed by atoms with Crippen molar-refractivity contribution in [3.05, 3.63) is 47.5 Å². The second-order valence-electron chi connectivity index (χ2n) is 8.19. The Bertz CT molecular complexity index is 907. The van der Waals surface area contributed by atoms with E-state index in [2.05, 4.69) is 41.2 Å². The average Bonchev–Trinajstić information content (AvgIpc) is 2.75. The Hall–Kier alpha value is -2.73. The molecular formula is C24H31N3O3. The summed E-state index contributed by atoms with van der Waals surface area (Å²) in [7, 11) is 2.16. The summed E-state index contributed by atoms with van der Waals surface area (Å²) in [5.74, 6) is 1.44. The number of hydrogen-bond acceptors (Lipinski definition) is 5. The Balaban J connectivity index is 1.41. The molecule has 0 spiro atoms. The van der Waals surface area contributed by atoms with Crippen LogP contribution in [0.3, 0.4) is 0 Å². The van der Waals surface area contributed by atoms with Gasteiger partial charge in [0.1, 0.15) is 18.1 Å². The molecule has 1 saturated heterocycles. The summed E-state index contributed by atoms with van der Waals surface area (Å²) >= 11 is 0. The van der Waals surface area contributed by atoms with Crippen molar-refractivity contribution < 1.29 is 14.3 Å². The van der Waals surface area contributed by atoms with Crippen molar-refractivity contribution in [3.63, 3.8) is 0 Å². The molecule has 0 saturated carbocycles. The quantitative estimate of drug-likeness (QED) is 0.821. The van der Waals surface area contributed by atoms with E-state index in [0.29, 0.717) is 19.6 Å². The number of benzene rings is 2. The van der Waals surface area contributed by atoms with Gasteiger partial charge in [-0.3, -0.25) is 4.79 Å². The molecule has 1 N–H and O–H groups in total. The van der Waals surface area contributed by atoms with Crippen LogP contribution in [-0.4, -0.2) is 57.2 Å². The summed E-state index contributed by atoms with van der Waals surface area (Å²) in [6.07, 6.45) is 0.653. The van der Waals surface area contributed by atoms with Gasteiger partial charge in [-0.1, -0.05) is 0 Å². The summed E-state index contributed by atoms with van der Waals surface area (Å²) in [6.45, 7) is 9.24. The number of nitrogens with zero attached hydrogens (tertiary/aromatic N) is 2. The molecule has 2 aromatic carbocycles. The van der Waals surface area contributed by atoms with Crippen LogP contribution in [0.15, 0.2) is 36.4 Å². The van der Waals surface area contributed by atoms with E-state index in [1.807, 2.05) is 31.2 Å². The van der Waals surface area contributed by atoms with Crippen LogP contribution in [0.5, 0.6) is 11.5 Å². The van der Waals surface area contributed by atoms with E-state index >= 15 is 0 Å². The van der Waals surface area contributed by atoms with Gasteiger partial charge in [-0.05, 0) is 74.8 Å². The number of carbonyl (C=O) groups is 1. The highest BCUT2D eigenvalue weighted by molar-refractivity contribution is 5.94. The normalized spacial score (nSPS) is 19.0. The molecule has 1 atom stereocenters. The van der Waals surface area contributed by atoms with Crippen molar-refractivity contribution >= 4 is 17.3 Å². The average molecular weight is 410 g/mol. The first kappa shape index (κ1) is 20.5. The monoisotopic (exact) mass is 409 g/mol. The fourth-order valence-electron chi connectivity index (χ4n) is 4.08. The van der Waals surface area contributed by atoms with Gasteiger partial charge in [0.15, 0.2) is 0 Å². The van der Waals surface area contributed by atoms with Crippen LogP contribution in [0.1, 0.15) is 18.1 Å². The molecule has 2 aliphatic heterocycles. The number of ether oxygens (including phenoxy) is 2. The standard InChI is InChI=1S/C24H31N3O3/c1-4-29-21-6-8-23-18(15-21)14-19(16-30-23)24(28)25-22-7-5-20(13-17(22)2)27-11-9-26(3)10-12-27/h5-8,13,15,19H,4,9-12,14,16H2,1-3H3,(H,25,28). The largest absolute Gasteiger partial charge is 0.494 e. The Morgan fingerprint density at radius 3 is 2.70 bits per heavy atom. The molecule has 1 unspecified atom stereocenters. The summed E-state index contributed by atoms with van der Waals surface area (Å²) < 4.78 is 11.4. The Morgan fingerprint density at radius 2 is 1.97 bits per heavy atom. The highest BCUT2D eigenvalue weighted by Crippen LogP contribution is 2.32. The maximum atomic E-state index is 12.9. The smallest absolute Gasteiger partial charge is 0.231 e. The van der Waals surface area contributed by atoms with Crippen molar-refractivity contribution in [2.45, 2.75) is 20.3 Å². The predicted molar refractivity (Wildman–Crippen MR) is 120 cm³/mol. The number of anilines is 2. The van der Waals surface area contributed by atoms with Gasteiger partial charge in [-0.25, -0.2) is 0 Å². The third-order valence-electron chi connectivity index (χ3n) is 5.96. The van der Waals surface area contributed by atoms with Crippen LogP contribution in [0.4, 0.5) is 11.4 Å². The molecule has 2 heterocycles. The van der Waals surface area contributed by atoms with Gasteiger partial charge in [-0.15, -0.1) is 0 Å². The zero-order valence-electron chi connectivity index (χ0n) is 18.1. The molecule has 2 aromatic rings. The number of amides is 1. The lowest BCUT2D eigenvalue weighted by Gasteiger charge is -2.34. The molecule has 6 nitrogen and oxygen atoms in total. The van der Waals surface area contributed by atoms with Crippen LogP contribution in [0.2, 0.25) is 0 Å². The molecule has 4 rings (SSSR count). The minimum atomic E-state index is -0.217. The van der Waals surface area contributed by atoms with Gasteiger partial charge < -0.3 is 24.6 Å². The maximum absolute atomic E-state index is 12.9. The second kappa shape index (κ2) is 8.96. The molecule has 30 heavy (non-hydrogen) atoms. The maximum Gasteiger partial charge on any atom is 0.231 e. The summed E-state index contributed by atoms with van der Waals surface area (Å²) in [5.41, 5.74) is 4.19. The van der Waals surface area contributed by atoms with E-state index in [1.54, 1.807) is 0 Å². The molecule has 2 aliphatic rings. The van der Waals surface area contributed by atoms with E-state index in [0.717, 1.165) is 54.5 Å². The van der Waals surface area contributed by atoms with Gasteiger partial charge in [0, 0.05) is 37.6 Å². The van der Waals surface area contributed by atoms with Gasteiger partial charge in [0.25, 0.3) is 0 Å². The van der Waals surface area contributed by atoms with Crippen molar-refractivity contribution in [3.8, 4) is 11.5 Å². The van der Waals surface area contributed by atoms with Gasteiger partial charge in [-0.2, -0.15) is 0 Å². The molecule has 0 aliphatic carbocycles. The van der Waals surface area contributed by atoms with E-state index < -0.39 is 0 Å². The van der Waals surface area contributed by atoms with Crippen LogP contribution in [-0.2, 0) is 11.2 Å². The highest BCUT2D eigenvalue weighted by atomic mass is 16.5. The van der Waals surface area contributed by atoms with Crippen LogP contribution in [0, 0.1) is 12.8 Å². The second-order valence-corrected chi connectivity index (χ2v) is 8.19. The van der Waals surface area contributed by atoms with E-state index in [4.69, 9.17) is 9.47 Å². The molecule has 1 amide bonds. The number of piperazine rings is 1. The first-order chi connectivity index (χ1) is 14.5. The zero-order chi connectivity index (χ0) is 21.1. The number of hydrogen-bond donors (Lipinski definition) is 1. The summed E-state index contributed by atoms with van der Waals surface area (Å²) in [6, 6.07) is 12.1. The molecular weight excluding hydrogens is 378 g/mol. The summed E-state index contributed by atoms with van der Waals surface area (Å²) in [5, 5.41) is 3.11. The zero-order valence-corrected chi connectivity index (χ0v) is 18.1. The molecule has 1 fully saturated rings. The number of nitrogens with one attached hydrogen (secondary N) is 1. The minimum absolute atomic E-state index is 0.00193. The van der Waals surface area contributed by atoms with Gasteiger partial charge in [0.05, 0.1) is 12.5 Å². The number of aryl methyl sites for hydroxylation is 1.